The van der Waals surface area contributed by atoms with Gasteiger partial charge in [-0.15, -0.1) is 5.10 Å². The second kappa shape index (κ2) is 3.01. The molecule has 0 unspecified atom stereocenters. The van der Waals surface area contributed by atoms with E-state index < -0.39 is 0 Å². The Bertz CT molecular complexity index is 491. The van der Waals surface area contributed by atoms with Gasteiger partial charge in [-0.3, -0.25) is 0 Å². The summed E-state index contributed by atoms with van der Waals surface area (Å²) in [6.07, 6.45) is 4.34. The smallest absolute Gasteiger partial charge is 0.249 e. The molecule has 0 bridgehead atoms. The van der Waals surface area contributed by atoms with E-state index in [2.05, 4.69) is 35.3 Å². The molecule has 0 spiro atoms. The maximum atomic E-state index is 5.10. The van der Waals surface area contributed by atoms with Crippen LogP contribution in [0.25, 0.3) is 23.0 Å². The number of rotatable bonds is 2. The Morgan fingerprint density at radius 3 is 2.87 bits per heavy atom. The predicted octanol–water partition coefficient (Wildman–Crippen LogP) is 0.510. The van der Waals surface area contributed by atoms with Crippen molar-refractivity contribution in [3.05, 3.63) is 18.7 Å². The maximum absolute atomic E-state index is 5.10. The highest BCUT2D eigenvalue weighted by Gasteiger charge is 2.18. The predicted molar refractivity (Wildman–Crippen MR) is 45.2 cm³/mol. The first kappa shape index (κ1) is 7.85. The summed E-state index contributed by atoms with van der Waals surface area (Å²) in [7, 11) is 0. The largest absolute Gasteiger partial charge is 0.443 e. The van der Waals surface area contributed by atoms with Crippen LogP contribution in [0.15, 0.2) is 27.7 Å². The Kier molecular flexibility index (Phi) is 1.58. The minimum atomic E-state index is 0.363. The standard InChI is InChI=1S/C7H4N6O2/c1-2-14-7(8-1)6-5(10-12-11-6)4-3-15-13-9-4/h1-3H,(H,10,11,12). The Labute approximate surface area is 82.3 Å². The zero-order valence-electron chi connectivity index (χ0n) is 7.28. The van der Waals surface area contributed by atoms with Gasteiger partial charge in [0.2, 0.25) is 5.89 Å². The number of hydrogen-bond donors (Lipinski definition) is 1. The third-order valence-corrected chi connectivity index (χ3v) is 1.79. The van der Waals surface area contributed by atoms with Gasteiger partial charge < -0.3 is 8.94 Å². The zero-order chi connectivity index (χ0) is 10.1. The molecular formula is C7H4N6O2. The summed E-state index contributed by atoms with van der Waals surface area (Å²) in [6.45, 7) is 0. The quantitative estimate of drug-likeness (QED) is 0.647. The van der Waals surface area contributed by atoms with Gasteiger partial charge in [-0.2, -0.15) is 15.4 Å². The lowest BCUT2D eigenvalue weighted by molar-refractivity contribution is 0.393. The third kappa shape index (κ3) is 1.19. The SMILES string of the molecule is c1coc(-c2n[nH]nc2-c2conn2)n1. The molecule has 0 amide bonds. The van der Waals surface area contributed by atoms with E-state index in [-0.39, 0.29) is 0 Å². The van der Waals surface area contributed by atoms with Crippen molar-refractivity contribution in [1.29, 1.82) is 0 Å². The van der Waals surface area contributed by atoms with Crippen LogP contribution in [0.3, 0.4) is 0 Å². The summed E-state index contributed by atoms with van der Waals surface area (Å²) in [5, 5.41) is 17.4. The van der Waals surface area contributed by atoms with Crippen molar-refractivity contribution in [2.75, 3.05) is 0 Å². The molecule has 3 aromatic heterocycles. The molecular weight excluding hydrogens is 200 g/mol. The van der Waals surface area contributed by atoms with Gasteiger partial charge in [-0.1, -0.05) is 0 Å². The second-order valence-electron chi connectivity index (χ2n) is 2.65. The molecule has 1 N–H and O–H groups in total. The highest BCUT2D eigenvalue weighted by Crippen LogP contribution is 2.24. The Morgan fingerprint density at radius 2 is 2.13 bits per heavy atom. The summed E-state index contributed by atoms with van der Waals surface area (Å²) in [5.41, 5.74) is 1.42. The molecule has 3 aromatic rings. The molecule has 8 nitrogen and oxygen atoms in total. The van der Waals surface area contributed by atoms with Gasteiger partial charge >= 0.3 is 0 Å². The van der Waals surface area contributed by atoms with E-state index in [9.17, 15) is 0 Å². The normalized spacial score (nSPS) is 10.7. The van der Waals surface area contributed by atoms with Crippen molar-refractivity contribution in [1.82, 2.24) is 30.8 Å². The van der Waals surface area contributed by atoms with E-state index in [0.717, 1.165) is 0 Å². The summed E-state index contributed by atoms with van der Waals surface area (Å²) >= 11 is 0. The fraction of sp³-hybridized carbons (Fsp3) is 0. The first-order valence-corrected chi connectivity index (χ1v) is 4.03. The molecule has 0 saturated heterocycles. The van der Waals surface area contributed by atoms with Crippen molar-refractivity contribution in [2.24, 2.45) is 0 Å². The lowest BCUT2D eigenvalue weighted by Crippen LogP contribution is -1.84. The number of oxazole rings is 1. The van der Waals surface area contributed by atoms with Crippen molar-refractivity contribution in [2.45, 2.75) is 0 Å². The van der Waals surface area contributed by atoms with Crippen LogP contribution in [0.5, 0.6) is 0 Å². The molecule has 0 aliphatic heterocycles. The molecule has 0 aliphatic rings. The summed E-state index contributed by atoms with van der Waals surface area (Å²) < 4.78 is 9.72. The van der Waals surface area contributed by atoms with Crippen LogP contribution in [0.2, 0.25) is 0 Å². The molecule has 3 heterocycles. The molecule has 0 atom stereocenters. The van der Waals surface area contributed by atoms with Crippen molar-refractivity contribution < 1.29 is 8.94 Å². The first-order valence-electron chi connectivity index (χ1n) is 4.03. The van der Waals surface area contributed by atoms with Crippen LogP contribution in [0, 0.1) is 0 Å². The molecule has 0 aromatic carbocycles. The van der Waals surface area contributed by atoms with Gasteiger partial charge in [-0.25, -0.2) is 4.98 Å². The molecule has 3 rings (SSSR count). The number of hydrogen-bond acceptors (Lipinski definition) is 7. The van der Waals surface area contributed by atoms with Gasteiger partial charge in [0.1, 0.15) is 12.0 Å². The van der Waals surface area contributed by atoms with E-state index in [0.29, 0.717) is 23.0 Å². The molecule has 0 aliphatic carbocycles. The number of aromatic nitrogens is 6. The monoisotopic (exact) mass is 204 g/mol. The van der Waals surface area contributed by atoms with Crippen LogP contribution in [-0.2, 0) is 0 Å². The Balaban J connectivity index is 2.15. The topological polar surface area (TPSA) is 107 Å². The van der Waals surface area contributed by atoms with E-state index >= 15 is 0 Å². The second-order valence-corrected chi connectivity index (χ2v) is 2.65. The van der Waals surface area contributed by atoms with Gasteiger partial charge in [0.05, 0.1) is 6.20 Å². The van der Waals surface area contributed by atoms with E-state index in [1.165, 1.54) is 18.7 Å². The highest BCUT2D eigenvalue weighted by atomic mass is 16.5. The molecule has 8 heteroatoms. The highest BCUT2D eigenvalue weighted by molar-refractivity contribution is 5.69. The van der Waals surface area contributed by atoms with Crippen molar-refractivity contribution >= 4 is 0 Å². The molecule has 74 valence electrons. The van der Waals surface area contributed by atoms with Crippen LogP contribution < -0.4 is 0 Å². The van der Waals surface area contributed by atoms with Crippen molar-refractivity contribution in [3.8, 4) is 23.0 Å². The number of nitrogens with one attached hydrogen (secondary N) is 1. The van der Waals surface area contributed by atoms with Crippen LogP contribution in [-0.4, -0.2) is 30.8 Å². The Morgan fingerprint density at radius 1 is 1.20 bits per heavy atom. The fourth-order valence-corrected chi connectivity index (χ4v) is 1.17. The molecule has 0 fully saturated rings. The summed E-state index contributed by atoms with van der Waals surface area (Å²) in [4.78, 5) is 3.96. The molecule has 0 saturated carbocycles. The van der Waals surface area contributed by atoms with E-state index in [4.69, 9.17) is 4.42 Å². The average Bonchev–Trinajstić information content (AvgIpc) is 3.01. The van der Waals surface area contributed by atoms with Gasteiger partial charge in [0.25, 0.3) is 0 Å². The lowest BCUT2D eigenvalue weighted by Gasteiger charge is -1.89. The maximum Gasteiger partial charge on any atom is 0.249 e. The minimum Gasteiger partial charge on any atom is -0.443 e. The molecule has 15 heavy (non-hydrogen) atoms. The summed E-state index contributed by atoms with van der Waals surface area (Å²) in [6, 6.07) is 0. The average molecular weight is 204 g/mol. The number of H-pyrrole nitrogens is 1. The summed E-state index contributed by atoms with van der Waals surface area (Å²) in [5.74, 6) is 0.363. The first-order chi connectivity index (χ1) is 7.45. The van der Waals surface area contributed by atoms with E-state index in [1.807, 2.05) is 0 Å². The van der Waals surface area contributed by atoms with E-state index in [1.54, 1.807) is 0 Å². The van der Waals surface area contributed by atoms with Crippen molar-refractivity contribution in [3.63, 3.8) is 0 Å². The molecule has 0 radical (unpaired) electrons. The third-order valence-electron chi connectivity index (χ3n) is 1.79. The van der Waals surface area contributed by atoms with Gasteiger partial charge in [0, 0.05) is 5.27 Å². The van der Waals surface area contributed by atoms with Gasteiger partial charge in [-0.05, 0) is 0 Å². The van der Waals surface area contributed by atoms with Crippen LogP contribution >= 0.6 is 0 Å². The van der Waals surface area contributed by atoms with Gasteiger partial charge in [0.15, 0.2) is 17.7 Å². The lowest BCUT2D eigenvalue weighted by atomic mass is 10.2. The fourth-order valence-electron chi connectivity index (χ4n) is 1.17. The zero-order valence-corrected chi connectivity index (χ0v) is 7.28. The number of nitrogens with zero attached hydrogens (tertiary/aromatic N) is 5. The Hall–Kier alpha value is -2.51. The number of aromatic amines is 1. The minimum absolute atomic E-state index is 0.363. The van der Waals surface area contributed by atoms with Crippen LogP contribution in [0.1, 0.15) is 0 Å². The van der Waals surface area contributed by atoms with Crippen LogP contribution in [0.4, 0.5) is 0 Å².